The molecule has 51 heavy (non-hydrogen) atoms. The number of nitrogens with one attached hydrogen (secondary N) is 1. The summed E-state index contributed by atoms with van der Waals surface area (Å²) >= 11 is 0. The fourth-order valence-corrected chi connectivity index (χ4v) is 7.63. The second-order valence-corrected chi connectivity index (χ2v) is 13.5. The minimum Gasteiger partial charge on any atom is -0.336 e. The lowest BCUT2D eigenvalue weighted by Crippen LogP contribution is -2.48. The van der Waals surface area contributed by atoms with E-state index in [-0.39, 0.29) is 48.7 Å². The van der Waals surface area contributed by atoms with Crippen LogP contribution in [-0.4, -0.2) is 71.8 Å². The lowest BCUT2D eigenvalue weighted by Gasteiger charge is -2.42. The third-order valence-electron chi connectivity index (χ3n) is 10.3. The molecular formula is C43H48Cl2N4O2. The summed E-state index contributed by atoms with van der Waals surface area (Å²) in [6.07, 6.45) is 2.23. The molecule has 0 aliphatic carbocycles. The van der Waals surface area contributed by atoms with Gasteiger partial charge in [-0.2, -0.15) is 0 Å². The van der Waals surface area contributed by atoms with Crippen molar-refractivity contribution >= 4 is 47.4 Å². The maximum Gasteiger partial charge on any atom is 0.254 e. The first-order chi connectivity index (χ1) is 24.0. The first kappa shape index (κ1) is 38.0. The maximum absolute atomic E-state index is 14.5. The molecule has 1 atom stereocenters. The second kappa shape index (κ2) is 17.8. The Morgan fingerprint density at radius 2 is 1.41 bits per heavy atom. The number of piperidine rings is 1. The monoisotopic (exact) mass is 722 g/mol. The number of carbonyl (C=O) groups is 2. The van der Waals surface area contributed by atoms with Crippen molar-refractivity contribution in [3.8, 4) is 11.1 Å². The molecule has 0 spiro atoms. The van der Waals surface area contributed by atoms with Gasteiger partial charge in [-0.25, -0.2) is 0 Å². The summed E-state index contributed by atoms with van der Waals surface area (Å²) in [6, 6.07) is 41.8. The molecule has 1 N–H and O–H groups in total. The molecule has 266 valence electrons. The zero-order chi connectivity index (χ0) is 33.6. The van der Waals surface area contributed by atoms with E-state index in [9.17, 15) is 9.59 Å². The average molecular weight is 724 g/mol. The first-order valence-corrected chi connectivity index (χ1v) is 17.8. The van der Waals surface area contributed by atoms with Crippen molar-refractivity contribution in [3.63, 3.8) is 0 Å². The fraction of sp³-hybridized carbons (Fsp3) is 0.302. The lowest BCUT2D eigenvalue weighted by molar-refractivity contribution is -0.136. The second-order valence-electron chi connectivity index (χ2n) is 13.5. The first-order valence-electron chi connectivity index (χ1n) is 17.8. The third-order valence-corrected chi connectivity index (χ3v) is 10.3. The molecule has 0 saturated carbocycles. The third kappa shape index (κ3) is 9.00. The molecule has 6 nitrogen and oxygen atoms in total. The van der Waals surface area contributed by atoms with Crippen LogP contribution in [0.4, 0.5) is 0 Å². The predicted octanol–water partition coefficient (Wildman–Crippen LogP) is 8.19. The van der Waals surface area contributed by atoms with Crippen LogP contribution < -0.4 is 5.32 Å². The molecule has 2 saturated heterocycles. The summed E-state index contributed by atoms with van der Waals surface area (Å²) in [7, 11) is 0. The number of halogens is 2. The number of fused-ring (bicyclic) bond motifs is 1. The predicted molar refractivity (Wildman–Crippen MR) is 213 cm³/mol. The van der Waals surface area contributed by atoms with Gasteiger partial charge >= 0.3 is 0 Å². The van der Waals surface area contributed by atoms with Gasteiger partial charge in [0.15, 0.2) is 0 Å². The zero-order valence-electron chi connectivity index (χ0n) is 29.2. The van der Waals surface area contributed by atoms with E-state index in [0.29, 0.717) is 19.5 Å². The Hall–Kier alpha value is -4.20. The van der Waals surface area contributed by atoms with Gasteiger partial charge in [0.1, 0.15) is 0 Å². The van der Waals surface area contributed by atoms with Crippen LogP contribution in [0.3, 0.4) is 0 Å². The summed E-state index contributed by atoms with van der Waals surface area (Å²) in [5.41, 5.74) is 6.11. The standard InChI is InChI=1S/C43H46N4O2.2ClH/c1-32(36-14-9-15-38(30-36)40-16-7-8-17-41(40)43(49)46-26-22-44-23-27-46)47(39-20-24-45(25-21-39)31-33-10-3-2-4-11-33)42(48)29-34-18-19-35-12-5-6-13-37(35)28-34;;/h2-19,28,30,32,39,44H,20-27,29,31H2,1H3;2*1H. The highest BCUT2D eigenvalue weighted by atomic mass is 35.5. The number of hydrogen-bond donors (Lipinski definition) is 1. The minimum atomic E-state index is -0.130. The lowest BCUT2D eigenvalue weighted by atomic mass is 9.93. The van der Waals surface area contributed by atoms with Crippen LogP contribution in [-0.2, 0) is 17.8 Å². The minimum absolute atomic E-state index is 0. The van der Waals surface area contributed by atoms with Gasteiger partial charge in [-0.15, -0.1) is 24.8 Å². The normalized spacial score (nSPS) is 15.7. The molecule has 2 aliphatic heterocycles. The Bertz CT molecular complexity index is 1910. The number of likely N-dealkylation sites (tertiary alicyclic amines) is 1. The smallest absolute Gasteiger partial charge is 0.254 e. The molecule has 2 heterocycles. The van der Waals surface area contributed by atoms with Crippen molar-refractivity contribution in [3.05, 3.63) is 144 Å². The summed E-state index contributed by atoms with van der Waals surface area (Å²) in [4.78, 5) is 34.7. The SMILES string of the molecule is CC(c1cccc(-c2ccccc2C(=O)N2CCNCC2)c1)N(C(=O)Cc1ccc2ccccc2c1)C1CCN(Cc2ccccc2)CC1.Cl.Cl. The van der Waals surface area contributed by atoms with Crippen LogP contribution in [0, 0.1) is 0 Å². The van der Waals surface area contributed by atoms with Crippen LogP contribution >= 0.6 is 24.8 Å². The summed E-state index contributed by atoms with van der Waals surface area (Å²) in [5, 5.41) is 5.68. The van der Waals surface area contributed by atoms with Crippen LogP contribution in [0.15, 0.2) is 121 Å². The zero-order valence-corrected chi connectivity index (χ0v) is 30.9. The van der Waals surface area contributed by atoms with Crippen molar-refractivity contribution in [2.45, 2.75) is 44.8 Å². The average Bonchev–Trinajstić information content (AvgIpc) is 3.16. The highest BCUT2D eigenvalue weighted by Gasteiger charge is 2.32. The number of benzene rings is 5. The number of rotatable bonds is 9. The van der Waals surface area contributed by atoms with Crippen molar-refractivity contribution in [2.24, 2.45) is 0 Å². The molecule has 8 heteroatoms. The Kier molecular flexibility index (Phi) is 13.3. The number of hydrogen-bond acceptors (Lipinski definition) is 4. The highest BCUT2D eigenvalue weighted by molar-refractivity contribution is 6.01. The molecular weight excluding hydrogens is 675 g/mol. The molecule has 5 aromatic carbocycles. The van der Waals surface area contributed by atoms with E-state index in [1.165, 1.54) is 10.9 Å². The quantitative estimate of drug-likeness (QED) is 0.167. The van der Waals surface area contributed by atoms with Gasteiger partial charge in [0.2, 0.25) is 5.91 Å². The topological polar surface area (TPSA) is 55.9 Å². The fourth-order valence-electron chi connectivity index (χ4n) is 7.63. The maximum atomic E-state index is 14.5. The largest absolute Gasteiger partial charge is 0.336 e. The Balaban J connectivity index is 0.00000252. The van der Waals surface area contributed by atoms with E-state index in [4.69, 9.17) is 0 Å². The molecule has 2 aliphatic rings. The van der Waals surface area contributed by atoms with E-state index in [0.717, 1.165) is 78.8 Å². The highest BCUT2D eigenvalue weighted by Crippen LogP contribution is 2.33. The van der Waals surface area contributed by atoms with Gasteiger partial charge in [-0.1, -0.05) is 109 Å². The molecule has 0 aromatic heterocycles. The molecule has 5 aromatic rings. The molecule has 2 amide bonds. The van der Waals surface area contributed by atoms with E-state index in [2.05, 4.69) is 107 Å². The van der Waals surface area contributed by atoms with E-state index < -0.39 is 0 Å². The number of amides is 2. The van der Waals surface area contributed by atoms with Crippen LogP contribution in [0.25, 0.3) is 21.9 Å². The van der Waals surface area contributed by atoms with E-state index in [1.807, 2.05) is 41.3 Å². The van der Waals surface area contributed by atoms with Gasteiger partial charge in [0.05, 0.1) is 12.5 Å². The van der Waals surface area contributed by atoms with E-state index >= 15 is 0 Å². The van der Waals surface area contributed by atoms with Gasteiger partial charge < -0.3 is 15.1 Å². The summed E-state index contributed by atoms with van der Waals surface area (Å²) in [5.74, 6) is 0.231. The molecule has 7 rings (SSSR count). The Morgan fingerprint density at radius 3 is 2.18 bits per heavy atom. The van der Waals surface area contributed by atoms with Crippen molar-refractivity contribution in [2.75, 3.05) is 39.3 Å². The van der Waals surface area contributed by atoms with Crippen molar-refractivity contribution in [1.82, 2.24) is 20.0 Å². The van der Waals surface area contributed by atoms with Crippen molar-refractivity contribution < 1.29 is 9.59 Å². The van der Waals surface area contributed by atoms with Gasteiger partial charge in [0.25, 0.3) is 5.91 Å². The Labute approximate surface area is 314 Å². The van der Waals surface area contributed by atoms with Crippen molar-refractivity contribution in [1.29, 1.82) is 0 Å². The van der Waals surface area contributed by atoms with Crippen LogP contribution in [0.5, 0.6) is 0 Å². The summed E-state index contributed by atoms with van der Waals surface area (Å²) < 4.78 is 0. The Morgan fingerprint density at radius 1 is 0.725 bits per heavy atom. The van der Waals surface area contributed by atoms with Crippen LogP contribution in [0.1, 0.15) is 52.9 Å². The number of nitrogens with zero attached hydrogens (tertiary/aromatic N) is 3. The van der Waals surface area contributed by atoms with Gasteiger partial charge in [-0.3, -0.25) is 14.5 Å². The summed E-state index contributed by atoms with van der Waals surface area (Å²) in [6.45, 7) is 8.06. The molecule has 1 unspecified atom stereocenters. The van der Waals surface area contributed by atoms with Crippen LogP contribution in [0.2, 0.25) is 0 Å². The molecule has 2 fully saturated rings. The number of piperazine rings is 1. The van der Waals surface area contributed by atoms with Gasteiger partial charge in [-0.05, 0) is 70.5 Å². The molecule has 0 radical (unpaired) electrons. The van der Waals surface area contributed by atoms with E-state index in [1.54, 1.807) is 0 Å². The molecule has 0 bridgehead atoms. The number of carbonyl (C=O) groups excluding carboxylic acids is 2. The van der Waals surface area contributed by atoms with Gasteiger partial charge in [0, 0.05) is 57.4 Å².